The Kier molecular flexibility index (Phi) is 4.20. The van der Waals surface area contributed by atoms with Gasteiger partial charge in [-0.3, -0.25) is 9.36 Å². The average Bonchev–Trinajstić information content (AvgIpc) is 2.83. The third-order valence-electron chi connectivity index (χ3n) is 3.36. The molecule has 0 aliphatic rings. The number of benzene rings is 1. The van der Waals surface area contributed by atoms with Gasteiger partial charge in [0, 0.05) is 18.9 Å². The fraction of sp³-hybridized carbons (Fsp3) is 0.188. The van der Waals surface area contributed by atoms with Gasteiger partial charge >= 0.3 is 5.76 Å². The van der Waals surface area contributed by atoms with Gasteiger partial charge in [0.2, 0.25) is 5.91 Å². The van der Waals surface area contributed by atoms with Crippen molar-refractivity contribution in [2.75, 3.05) is 5.32 Å². The van der Waals surface area contributed by atoms with E-state index >= 15 is 0 Å². The van der Waals surface area contributed by atoms with Crippen molar-refractivity contribution in [2.45, 2.75) is 17.2 Å². The quantitative estimate of drug-likeness (QED) is 0.745. The van der Waals surface area contributed by atoms with Crippen molar-refractivity contribution < 1.29 is 9.21 Å². The van der Waals surface area contributed by atoms with Crippen LogP contribution in [0.25, 0.3) is 11.1 Å². The highest BCUT2D eigenvalue weighted by atomic mass is 32.2. The number of hydrogen-bond acceptors (Lipinski definition) is 5. The molecule has 1 amide bonds. The standard InChI is InChI=1S/C16H15N3O3S/c1-10(23-14-5-3-4-8-17-14)15(20)18-11-6-7-13-12(9-11)19(2)16(21)22-13/h3-10H,1-2H3,(H,18,20)/t10-/m0/s1. The summed E-state index contributed by atoms with van der Waals surface area (Å²) >= 11 is 1.38. The van der Waals surface area contributed by atoms with Gasteiger partial charge in [0.25, 0.3) is 0 Å². The predicted molar refractivity (Wildman–Crippen MR) is 89.6 cm³/mol. The third kappa shape index (κ3) is 3.29. The predicted octanol–water partition coefficient (Wildman–Crippen LogP) is 2.65. The molecule has 0 radical (unpaired) electrons. The Morgan fingerprint density at radius 3 is 2.91 bits per heavy atom. The van der Waals surface area contributed by atoms with E-state index in [0.29, 0.717) is 16.8 Å². The molecule has 0 spiro atoms. The van der Waals surface area contributed by atoms with Gasteiger partial charge in [0.15, 0.2) is 5.58 Å². The summed E-state index contributed by atoms with van der Waals surface area (Å²) in [5, 5.41) is 3.34. The highest BCUT2D eigenvalue weighted by Gasteiger charge is 2.16. The van der Waals surface area contributed by atoms with Crippen LogP contribution in [-0.4, -0.2) is 20.7 Å². The third-order valence-corrected chi connectivity index (χ3v) is 4.41. The maximum Gasteiger partial charge on any atom is 0.419 e. The minimum Gasteiger partial charge on any atom is -0.408 e. The number of aromatic nitrogens is 2. The van der Waals surface area contributed by atoms with E-state index in [-0.39, 0.29) is 11.2 Å². The number of rotatable bonds is 4. The topological polar surface area (TPSA) is 77.1 Å². The number of aryl methyl sites for hydroxylation is 1. The molecule has 0 aliphatic heterocycles. The summed E-state index contributed by atoms with van der Waals surface area (Å²) in [5.74, 6) is -0.559. The lowest BCUT2D eigenvalue weighted by molar-refractivity contribution is -0.115. The van der Waals surface area contributed by atoms with Crippen molar-refractivity contribution in [2.24, 2.45) is 7.05 Å². The van der Waals surface area contributed by atoms with Crippen LogP contribution in [0, 0.1) is 0 Å². The van der Waals surface area contributed by atoms with Gasteiger partial charge in [-0.1, -0.05) is 17.8 Å². The summed E-state index contributed by atoms with van der Waals surface area (Å²) in [6.45, 7) is 1.82. The molecule has 0 fully saturated rings. The molecular formula is C16H15N3O3S. The number of nitrogens with zero attached hydrogens (tertiary/aromatic N) is 2. The number of nitrogens with one attached hydrogen (secondary N) is 1. The number of fused-ring (bicyclic) bond motifs is 1. The molecule has 7 heteroatoms. The lowest BCUT2D eigenvalue weighted by atomic mass is 10.2. The Morgan fingerprint density at radius 1 is 1.35 bits per heavy atom. The molecule has 1 N–H and O–H groups in total. The van der Waals surface area contributed by atoms with Gasteiger partial charge in [-0.15, -0.1) is 0 Å². The highest BCUT2D eigenvalue weighted by Crippen LogP contribution is 2.23. The first-order valence-electron chi connectivity index (χ1n) is 7.03. The minimum atomic E-state index is -0.428. The Balaban J connectivity index is 1.74. The number of anilines is 1. The molecule has 0 bridgehead atoms. The maximum absolute atomic E-state index is 12.3. The molecule has 3 aromatic rings. The lowest BCUT2D eigenvalue weighted by Crippen LogP contribution is -2.22. The Morgan fingerprint density at radius 2 is 2.17 bits per heavy atom. The second-order valence-electron chi connectivity index (χ2n) is 5.03. The zero-order valence-corrected chi connectivity index (χ0v) is 13.5. The number of oxazole rings is 1. The van der Waals surface area contributed by atoms with Crippen LogP contribution in [0.3, 0.4) is 0 Å². The van der Waals surface area contributed by atoms with E-state index in [2.05, 4.69) is 10.3 Å². The van der Waals surface area contributed by atoms with E-state index in [1.807, 2.05) is 25.1 Å². The van der Waals surface area contributed by atoms with Gasteiger partial charge in [0.05, 0.1) is 15.8 Å². The Bertz CT molecular complexity index is 902. The molecule has 0 aliphatic carbocycles. The summed E-state index contributed by atoms with van der Waals surface area (Å²) in [6.07, 6.45) is 1.69. The molecule has 1 atom stereocenters. The zero-order valence-electron chi connectivity index (χ0n) is 12.6. The van der Waals surface area contributed by atoms with Crippen LogP contribution in [-0.2, 0) is 11.8 Å². The van der Waals surface area contributed by atoms with Crippen molar-refractivity contribution >= 4 is 34.5 Å². The van der Waals surface area contributed by atoms with E-state index in [1.54, 1.807) is 31.4 Å². The molecule has 6 nitrogen and oxygen atoms in total. The Hall–Kier alpha value is -2.54. The van der Waals surface area contributed by atoms with Crippen LogP contribution in [0.5, 0.6) is 0 Å². The van der Waals surface area contributed by atoms with Crippen LogP contribution in [0.4, 0.5) is 5.69 Å². The smallest absolute Gasteiger partial charge is 0.408 e. The second kappa shape index (κ2) is 6.29. The summed E-state index contributed by atoms with van der Waals surface area (Å²) in [4.78, 5) is 28.0. The van der Waals surface area contributed by atoms with E-state index in [4.69, 9.17) is 4.42 Å². The van der Waals surface area contributed by atoms with E-state index in [0.717, 1.165) is 5.03 Å². The van der Waals surface area contributed by atoms with E-state index in [9.17, 15) is 9.59 Å². The van der Waals surface area contributed by atoms with Gasteiger partial charge < -0.3 is 9.73 Å². The number of amides is 1. The molecule has 3 rings (SSSR count). The molecule has 0 saturated carbocycles. The van der Waals surface area contributed by atoms with Crippen molar-refractivity contribution in [3.8, 4) is 0 Å². The maximum atomic E-state index is 12.3. The monoisotopic (exact) mass is 329 g/mol. The van der Waals surface area contributed by atoms with Crippen molar-refractivity contribution in [1.29, 1.82) is 0 Å². The molecule has 0 saturated heterocycles. The van der Waals surface area contributed by atoms with Crippen molar-refractivity contribution in [1.82, 2.24) is 9.55 Å². The zero-order chi connectivity index (χ0) is 16.4. The Labute approximate surface area is 136 Å². The fourth-order valence-corrected chi connectivity index (χ4v) is 2.91. The average molecular weight is 329 g/mol. The lowest BCUT2D eigenvalue weighted by Gasteiger charge is -2.11. The number of carbonyl (C=O) groups is 1. The first kappa shape index (κ1) is 15.4. The molecule has 1 aromatic carbocycles. The normalized spacial score (nSPS) is 12.3. The van der Waals surface area contributed by atoms with Crippen LogP contribution in [0.1, 0.15) is 6.92 Å². The SMILES string of the molecule is C[C@H](Sc1ccccn1)C(=O)Nc1ccc2oc(=O)n(C)c2c1. The van der Waals surface area contributed by atoms with Gasteiger partial charge in [-0.05, 0) is 37.3 Å². The van der Waals surface area contributed by atoms with Crippen LogP contribution >= 0.6 is 11.8 Å². The van der Waals surface area contributed by atoms with E-state index in [1.165, 1.54) is 16.3 Å². The van der Waals surface area contributed by atoms with Crippen molar-refractivity contribution in [3.63, 3.8) is 0 Å². The minimum absolute atomic E-state index is 0.131. The molecule has 2 aromatic heterocycles. The molecule has 2 heterocycles. The largest absolute Gasteiger partial charge is 0.419 e. The number of thioether (sulfide) groups is 1. The summed E-state index contributed by atoms with van der Waals surface area (Å²) in [5.41, 5.74) is 1.75. The second-order valence-corrected chi connectivity index (χ2v) is 6.39. The molecular weight excluding hydrogens is 314 g/mol. The summed E-state index contributed by atoms with van der Waals surface area (Å²) < 4.78 is 6.47. The molecule has 23 heavy (non-hydrogen) atoms. The van der Waals surface area contributed by atoms with Crippen LogP contribution in [0.2, 0.25) is 0 Å². The first-order chi connectivity index (χ1) is 11.0. The highest BCUT2D eigenvalue weighted by molar-refractivity contribution is 8.00. The van der Waals surface area contributed by atoms with Gasteiger partial charge in [-0.25, -0.2) is 9.78 Å². The number of hydrogen-bond donors (Lipinski definition) is 1. The first-order valence-corrected chi connectivity index (χ1v) is 7.90. The summed E-state index contributed by atoms with van der Waals surface area (Å²) in [6, 6.07) is 10.7. The van der Waals surface area contributed by atoms with E-state index < -0.39 is 5.76 Å². The number of pyridine rings is 1. The fourth-order valence-electron chi connectivity index (χ4n) is 2.10. The molecule has 0 unspecified atom stereocenters. The summed E-state index contributed by atoms with van der Waals surface area (Å²) in [7, 11) is 1.62. The van der Waals surface area contributed by atoms with Gasteiger partial charge in [-0.2, -0.15) is 0 Å². The van der Waals surface area contributed by atoms with Gasteiger partial charge in [0.1, 0.15) is 0 Å². The van der Waals surface area contributed by atoms with Crippen LogP contribution < -0.4 is 11.1 Å². The number of carbonyl (C=O) groups excluding carboxylic acids is 1. The van der Waals surface area contributed by atoms with Crippen molar-refractivity contribution in [3.05, 3.63) is 53.1 Å². The molecule has 118 valence electrons. The van der Waals surface area contributed by atoms with Crippen LogP contribution in [0.15, 0.2) is 56.8 Å².